The third-order valence-corrected chi connectivity index (χ3v) is 4.96. The second-order valence-electron chi connectivity index (χ2n) is 5.93. The largest absolute Gasteiger partial charge is 0.504 e. The molecule has 0 aliphatic carbocycles. The molecule has 1 aromatic heterocycles. The number of nitrogens with two attached hydrogens (primary N) is 1. The van der Waals surface area contributed by atoms with Crippen LogP contribution >= 0.6 is 0 Å². The van der Waals surface area contributed by atoms with E-state index in [-0.39, 0.29) is 35.5 Å². The second kappa shape index (κ2) is 8.78. The molecular formula is C16H20F3N5O4S. The molecule has 0 radical (unpaired) electrons. The highest BCUT2D eigenvalue weighted by Crippen LogP contribution is 2.40. The third kappa shape index (κ3) is 5.23. The predicted molar refractivity (Wildman–Crippen MR) is 100 cm³/mol. The number of hydrogen-bond acceptors (Lipinski definition) is 9. The highest BCUT2D eigenvalue weighted by molar-refractivity contribution is 7.90. The fourth-order valence-corrected chi connectivity index (χ4v) is 2.80. The predicted octanol–water partition coefficient (Wildman–Crippen LogP) is 5.38. The number of benzene rings is 1. The Kier molecular flexibility index (Phi) is 6.85. The van der Waals surface area contributed by atoms with Gasteiger partial charge >= 0.3 is 5.51 Å². The normalized spacial score (nSPS) is 14.3. The van der Waals surface area contributed by atoms with Crippen LogP contribution in [0.4, 0.5) is 36.1 Å². The van der Waals surface area contributed by atoms with Crippen molar-refractivity contribution >= 4 is 32.9 Å². The highest BCUT2D eigenvalue weighted by Gasteiger charge is 2.44. The number of aromatic nitrogens is 1. The average Bonchev–Trinajstić information content (AvgIpc) is 3.11. The zero-order valence-corrected chi connectivity index (χ0v) is 16.9. The first-order valence-corrected chi connectivity index (χ1v) is 9.78. The first kappa shape index (κ1) is 22.6. The zero-order chi connectivity index (χ0) is 21.8. The maximum absolute atomic E-state index is 13.1. The second-order valence-corrected chi connectivity index (χ2v) is 7.86. The summed E-state index contributed by atoms with van der Waals surface area (Å²) < 4.78 is 69.2. The van der Waals surface area contributed by atoms with Crippen molar-refractivity contribution in [3.05, 3.63) is 24.0 Å². The summed E-state index contributed by atoms with van der Waals surface area (Å²) in [6.45, 7) is 5.70. The SMILES string of the molecule is CCOc1cc(N=Nc2cc(C(C)C)on2)c(N=S(=O)(OC)C(F)(F)F)cc1N. The van der Waals surface area contributed by atoms with Crippen LogP contribution in [0.1, 0.15) is 32.4 Å². The van der Waals surface area contributed by atoms with E-state index < -0.39 is 21.2 Å². The first-order chi connectivity index (χ1) is 13.5. The molecular weight excluding hydrogens is 415 g/mol. The Balaban J connectivity index is 2.60. The Morgan fingerprint density at radius 2 is 1.93 bits per heavy atom. The van der Waals surface area contributed by atoms with E-state index in [9.17, 15) is 17.4 Å². The number of halogens is 3. The Bertz CT molecular complexity index is 1010. The third-order valence-electron chi connectivity index (χ3n) is 3.49. The van der Waals surface area contributed by atoms with E-state index in [1.165, 1.54) is 12.1 Å². The minimum absolute atomic E-state index is 0.0203. The standard InChI is InChI=1S/C16H20F3N5O4S/c1-5-27-14-7-11(21-22-15-8-13(9(2)3)28-23-15)12(6-10(14)20)24-29(25,26-4)16(17,18)19/h6-9H,5,20H2,1-4H3. The van der Waals surface area contributed by atoms with Gasteiger partial charge in [0.2, 0.25) is 5.82 Å². The smallest absolute Gasteiger partial charge is 0.492 e. The lowest BCUT2D eigenvalue weighted by Crippen LogP contribution is -2.23. The first-order valence-electron chi connectivity index (χ1n) is 8.34. The molecule has 0 bridgehead atoms. The lowest BCUT2D eigenvalue weighted by molar-refractivity contribution is -0.0482. The number of rotatable bonds is 7. The quantitative estimate of drug-likeness (QED) is 0.460. The maximum Gasteiger partial charge on any atom is 0.504 e. The molecule has 1 unspecified atom stereocenters. The van der Waals surface area contributed by atoms with Crippen molar-refractivity contribution in [3.8, 4) is 5.75 Å². The average molecular weight is 435 g/mol. The summed E-state index contributed by atoms with van der Waals surface area (Å²) in [6, 6.07) is 3.81. The van der Waals surface area contributed by atoms with Gasteiger partial charge in [0, 0.05) is 18.1 Å². The van der Waals surface area contributed by atoms with Gasteiger partial charge in [0.15, 0.2) is 0 Å². The van der Waals surface area contributed by atoms with Gasteiger partial charge in [-0.15, -0.1) is 10.2 Å². The fourth-order valence-electron chi connectivity index (χ4n) is 2.02. The van der Waals surface area contributed by atoms with Crippen molar-refractivity contribution in [3.63, 3.8) is 0 Å². The summed E-state index contributed by atoms with van der Waals surface area (Å²) in [4.78, 5) is 0. The molecule has 1 atom stereocenters. The lowest BCUT2D eigenvalue weighted by Gasteiger charge is -2.13. The number of azo groups is 1. The number of alkyl halides is 3. The maximum atomic E-state index is 13.1. The number of hydrogen-bond donors (Lipinski definition) is 1. The summed E-state index contributed by atoms with van der Waals surface area (Å²) in [7, 11) is -4.42. The van der Waals surface area contributed by atoms with Crippen LogP contribution < -0.4 is 10.5 Å². The number of anilines is 1. The summed E-state index contributed by atoms with van der Waals surface area (Å²) in [6.07, 6.45) is 0. The van der Waals surface area contributed by atoms with E-state index >= 15 is 0 Å². The number of nitrogens with zero attached hydrogens (tertiary/aromatic N) is 4. The van der Waals surface area contributed by atoms with Gasteiger partial charge in [-0.1, -0.05) is 19.0 Å². The van der Waals surface area contributed by atoms with Crippen LogP contribution in [-0.4, -0.2) is 28.6 Å². The van der Waals surface area contributed by atoms with E-state index in [4.69, 9.17) is 15.0 Å². The van der Waals surface area contributed by atoms with Crippen LogP contribution in [0.5, 0.6) is 5.75 Å². The van der Waals surface area contributed by atoms with Gasteiger partial charge in [0.05, 0.1) is 19.4 Å². The van der Waals surface area contributed by atoms with Crippen LogP contribution in [0.3, 0.4) is 0 Å². The monoisotopic (exact) mass is 435 g/mol. The summed E-state index contributed by atoms with van der Waals surface area (Å²) in [5, 5.41) is 11.4. The minimum Gasteiger partial charge on any atom is -0.492 e. The van der Waals surface area contributed by atoms with E-state index in [1.54, 1.807) is 6.92 Å². The molecule has 13 heteroatoms. The Morgan fingerprint density at radius 1 is 1.24 bits per heavy atom. The van der Waals surface area contributed by atoms with Gasteiger partial charge < -0.3 is 15.0 Å². The molecule has 0 amide bonds. The molecule has 2 N–H and O–H groups in total. The molecule has 1 aromatic carbocycles. The summed E-state index contributed by atoms with van der Waals surface area (Å²) in [5.74, 6) is 0.851. The van der Waals surface area contributed by atoms with E-state index in [0.29, 0.717) is 12.9 Å². The van der Waals surface area contributed by atoms with Crippen molar-refractivity contribution in [1.82, 2.24) is 5.16 Å². The molecule has 0 aliphatic rings. The fraction of sp³-hybridized carbons (Fsp3) is 0.438. The molecule has 1 heterocycles. The Labute approximate surface area is 165 Å². The van der Waals surface area contributed by atoms with Gasteiger partial charge in [-0.25, -0.2) is 4.21 Å². The van der Waals surface area contributed by atoms with Crippen molar-refractivity contribution in [2.24, 2.45) is 14.6 Å². The Morgan fingerprint density at radius 3 is 2.45 bits per heavy atom. The molecule has 0 aliphatic heterocycles. The molecule has 0 fully saturated rings. The zero-order valence-electron chi connectivity index (χ0n) is 16.1. The lowest BCUT2D eigenvalue weighted by atomic mass is 10.2. The molecule has 9 nitrogen and oxygen atoms in total. The van der Waals surface area contributed by atoms with Crippen molar-refractivity contribution < 1.29 is 30.8 Å². The minimum atomic E-state index is -5.23. The molecule has 29 heavy (non-hydrogen) atoms. The number of ether oxygens (including phenoxy) is 1. The van der Waals surface area contributed by atoms with Gasteiger partial charge in [-0.05, 0) is 13.0 Å². The molecule has 2 rings (SSSR count). The summed E-state index contributed by atoms with van der Waals surface area (Å²) >= 11 is 0. The molecule has 0 saturated carbocycles. The Hall–Kier alpha value is -2.67. The van der Waals surface area contributed by atoms with Crippen LogP contribution in [0.15, 0.2) is 37.3 Å². The number of nitrogen functional groups attached to an aromatic ring is 1. The van der Waals surface area contributed by atoms with Crippen molar-refractivity contribution in [2.45, 2.75) is 32.2 Å². The van der Waals surface area contributed by atoms with E-state index in [0.717, 1.165) is 6.07 Å². The van der Waals surface area contributed by atoms with Gasteiger partial charge in [-0.2, -0.15) is 17.5 Å². The highest BCUT2D eigenvalue weighted by atomic mass is 32.2. The van der Waals surface area contributed by atoms with Crippen molar-refractivity contribution in [2.75, 3.05) is 19.5 Å². The van der Waals surface area contributed by atoms with E-state index in [1.807, 2.05) is 13.8 Å². The van der Waals surface area contributed by atoms with Crippen molar-refractivity contribution in [1.29, 1.82) is 0 Å². The van der Waals surface area contributed by atoms with Crippen LogP contribution in [-0.2, 0) is 14.2 Å². The molecule has 0 saturated heterocycles. The molecule has 160 valence electrons. The molecule has 2 aromatic rings. The van der Waals surface area contributed by atoms with Crippen LogP contribution in [0.2, 0.25) is 0 Å². The van der Waals surface area contributed by atoms with Crippen LogP contribution in [0.25, 0.3) is 0 Å². The topological polar surface area (TPSA) is 125 Å². The van der Waals surface area contributed by atoms with E-state index in [2.05, 4.69) is 23.9 Å². The van der Waals surface area contributed by atoms with Gasteiger partial charge in [0.1, 0.15) is 22.9 Å². The van der Waals surface area contributed by atoms with Crippen LogP contribution in [0, 0.1) is 0 Å². The van der Waals surface area contributed by atoms with Gasteiger partial charge in [-0.3, -0.25) is 4.18 Å². The summed E-state index contributed by atoms with van der Waals surface area (Å²) in [5.41, 5.74) is -0.0782. The molecule has 0 spiro atoms. The van der Waals surface area contributed by atoms with Gasteiger partial charge in [0.25, 0.3) is 10.0 Å².